The van der Waals surface area contributed by atoms with Crippen LogP contribution in [0, 0.1) is 0 Å². The molecule has 0 saturated heterocycles. The normalized spacial score (nSPS) is 19.5. The molecule has 0 aliphatic heterocycles. The van der Waals surface area contributed by atoms with Gasteiger partial charge in [0.1, 0.15) is 5.75 Å². The number of carbonyl (C=O) groups excluding carboxylic acids is 1. The molecule has 1 aromatic rings. The highest BCUT2D eigenvalue weighted by molar-refractivity contribution is 5.70. The summed E-state index contributed by atoms with van der Waals surface area (Å²) in [5.41, 5.74) is 1.88. The van der Waals surface area contributed by atoms with Gasteiger partial charge in [0.05, 0.1) is 6.10 Å². The molecular formula is C12H14O3. The smallest absolute Gasteiger partial charge is 0.308 e. The quantitative estimate of drug-likeness (QED) is 0.564. The number of hydrogen-bond acceptors (Lipinski definition) is 3. The molecule has 0 fully saturated rings. The van der Waals surface area contributed by atoms with E-state index >= 15 is 0 Å². The molecule has 0 heterocycles. The Kier molecular flexibility index (Phi) is 2.73. The zero-order chi connectivity index (χ0) is 10.8. The average molecular weight is 206 g/mol. The van der Waals surface area contributed by atoms with Crippen LogP contribution in [-0.4, -0.2) is 11.1 Å². The summed E-state index contributed by atoms with van der Waals surface area (Å²) in [6.07, 6.45) is 2.18. The highest BCUT2D eigenvalue weighted by Crippen LogP contribution is 2.35. The van der Waals surface area contributed by atoms with Crippen molar-refractivity contribution in [2.45, 2.75) is 32.3 Å². The summed E-state index contributed by atoms with van der Waals surface area (Å²) in [7, 11) is 0. The topological polar surface area (TPSA) is 46.5 Å². The van der Waals surface area contributed by atoms with E-state index in [1.165, 1.54) is 6.92 Å². The number of ether oxygens (including phenoxy) is 1. The van der Waals surface area contributed by atoms with Crippen molar-refractivity contribution in [2.24, 2.45) is 0 Å². The van der Waals surface area contributed by atoms with Gasteiger partial charge >= 0.3 is 5.97 Å². The maximum Gasteiger partial charge on any atom is 0.308 e. The highest BCUT2D eigenvalue weighted by atomic mass is 16.5. The zero-order valence-electron chi connectivity index (χ0n) is 8.69. The molecule has 3 heteroatoms. The summed E-state index contributed by atoms with van der Waals surface area (Å²) < 4.78 is 5.11. The van der Waals surface area contributed by atoms with E-state index in [9.17, 15) is 9.90 Å². The van der Waals surface area contributed by atoms with Gasteiger partial charge in [-0.3, -0.25) is 4.79 Å². The third kappa shape index (κ3) is 2.02. The van der Waals surface area contributed by atoms with Crippen molar-refractivity contribution >= 4 is 5.97 Å². The van der Waals surface area contributed by atoms with Crippen molar-refractivity contribution < 1.29 is 14.6 Å². The van der Waals surface area contributed by atoms with Crippen molar-refractivity contribution in [1.29, 1.82) is 0 Å². The van der Waals surface area contributed by atoms with E-state index < -0.39 is 6.10 Å². The molecule has 15 heavy (non-hydrogen) atoms. The fourth-order valence-electron chi connectivity index (χ4n) is 2.04. The Balaban J connectivity index is 2.40. The third-order valence-electron chi connectivity index (χ3n) is 2.69. The van der Waals surface area contributed by atoms with E-state index in [0.717, 1.165) is 30.4 Å². The third-order valence-corrected chi connectivity index (χ3v) is 2.69. The lowest BCUT2D eigenvalue weighted by Crippen LogP contribution is -2.12. The van der Waals surface area contributed by atoms with Crippen LogP contribution in [0.3, 0.4) is 0 Å². The molecule has 1 atom stereocenters. The molecule has 3 nitrogen and oxygen atoms in total. The molecule has 0 bridgehead atoms. The van der Waals surface area contributed by atoms with E-state index in [4.69, 9.17) is 4.74 Å². The van der Waals surface area contributed by atoms with E-state index in [1.54, 1.807) is 6.07 Å². The molecular weight excluding hydrogens is 192 g/mol. The summed E-state index contributed by atoms with van der Waals surface area (Å²) in [5, 5.41) is 9.78. The number of aliphatic hydroxyl groups is 1. The van der Waals surface area contributed by atoms with Crippen LogP contribution in [0.1, 0.15) is 37.0 Å². The van der Waals surface area contributed by atoms with Crippen molar-refractivity contribution in [3.63, 3.8) is 0 Å². The van der Waals surface area contributed by atoms with Gasteiger partial charge < -0.3 is 9.84 Å². The number of benzene rings is 1. The molecule has 1 aliphatic rings. The molecule has 2 rings (SSSR count). The Bertz CT molecular complexity index is 384. The van der Waals surface area contributed by atoms with Gasteiger partial charge in [0.25, 0.3) is 0 Å². The summed E-state index contributed by atoms with van der Waals surface area (Å²) in [6, 6.07) is 5.48. The average Bonchev–Trinajstić information content (AvgIpc) is 2.19. The molecule has 0 spiro atoms. The first-order valence-electron chi connectivity index (χ1n) is 5.17. The fourth-order valence-corrected chi connectivity index (χ4v) is 2.04. The van der Waals surface area contributed by atoms with Gasteiger partial charge in [-0.1, -0.05) is 12.1 Å². The van der Waals surface area contributed by atoms with E-state index in [1.807, 2.05) is 12.1 Å². The van der Waals surface area contributed by atoms with Gasteiger partial charge in [0.15, 0.2) is 0 Å². The SMILES string of the molecule is CC(=O)Oc1cccc2c1CCCC2O. The van der Waals surface area contributed by atoms with Crippen LogP contribution in [0.5, 0.6) is 5.75 Å². The van der Waals surface area contributed by atoms with Gasteiger partial charge in [-0.05, 0) is 30.9 Å². The number of aliphatic hydroxyl groups excluding tert-OH is 1. The van der Waals surface area contributed by atoms with Crippen molar-refractivity contribution in [3.8, 4) is 5.75 Å². The van der Waals surface area contributed by atoms with Crippen molar-refractivity contribution in [1.82, 2.24) is 0 Å². The summed E-state index contributed by atoms with van der Waals surface area (Å²) in [6.45, 7) is 1.39. The van der Waals surface area contributed by atoms with Crippen LogP contribution in [-0.2, 0) is 11.2 Å². The molecule has 0 aromatic heterocycles. The molecule has 1 aliphatic carbocycles. The van der Waals surface area contributed by atoms with Gasteiger partial charge in [0, 0.05) is 12.5 Å². The number of carbonyl (C=O) groups is 1. The standard InChI is InChI=1S/C12H14O3/c1-8(13)15-12-7-3-4-9-10(12)5-2-6-11(9)14/h3-4,7,11,14H,2,5-6H2,1H3. The second-order valence-electron chi connectivity index (χ2n) is 3.83. The second-order valence-corrected chi connectivity index (χ2v) is 3.83. The summed E-state index contributed by atoms with van der Waals surface area (Å²) in [4.78, 5) is 10.9. The number of hydrogen-bond donors (Lipinski definition) is 1. The predicted molar refractivity (Wildman–Crippen MR) is 55.6 cm³/mol. The zero-order valence-corrected chi connectivity index (χ0v) is 8.69. The fraction of sp³-hybridized carbons (Fsp3) is 0.417. The van der Waals surface area contributed by atoms with Crippen LogP contribution in [0.25, 0.3) is 0 Å². The molecule has 1 N–H and O–H groups in total. The van der Waals surface area contributed by atoms with Crippen LogP contribution in [0.4, 0.5) is 0 Å². The molecule has 1 aromatic carbocycles. The maximum atomic E-state index is 10.9. The molecule has 0 saturated carbocycles. The van der Waals surface area contributed by atoms with Gasteiger partial charge in [0.2, 0.25) is 0 Å². The van der Waals surface area contributed by atoms with Gasteiger partial charge in [-0.15, -0.1) is 0 Å². The largest absolute Gasteiger partial charge is 0.426 e. The number of rotatable bonds is 1. The molecule has 1 unspecified atom stereocenters. The van der Waals surface area contributed by atoms with Crippen molar-refractivity contribution in [3.05, 3.63) is 29.3 Å². The highest BCUT2D eigenvalue weighted by Gasteiger charge is 2.21. The van der Waals surface area contributed by atoms with Crippen molar-refractivity contribution in [2.75, 3.05) is 0 Å². The van der Waals surface area contributed by atoms with Crippen LogP contribution in [0.2, 0.25) is 0 Å². The Labute approximate surface area is 88.7 Å². The minimum absolute atomic E-state index is 0.316. The number of fused-ring (bicyclic) bond motifs is 1. The molecule has 80 valence electrons. The Morgan fingerprint density at radius 2 is 2.33 bits per heavy atom. The van der Waals surface area contributed by atoms with Gasteiger partial charge in [-0.25, -0.2) is 0 Å². The summed E-state index contributed by atoms with van der Waals surface area (Å²) >= 11 is 0. The van der Waals surface area contributed by atoms with Crippen LogP contribution in [0.15, 0.2) is 18.2 Å². The Morgan fingerprint density at radius 3 is 3.07 bits per heavy atom. The maximum absolute atomic E-state index is 10.9. The predicted octanol–water partition coefficient (Wildman–Crippen LogP) is 1.98. The number of esters is 1. The first kappa shape index (κ1) is 10.2. The Morgan fingerprint density at radius 1 is 1.53 bits per heavy atom. The van der Waals surface area contributed by atoms with Crippen LogP contribution >= 0.6 is 0 Å². The second kappa shape index (κ2) is 4.03. The van der Waals surface area contributed by atoms with Gasteiger partial charge in [-0.2, -0.15) is 0 Å². The minimum atomic E-state index is -0.413. The molecule has 0 radical (unpaired) electrons. The monoisotopic (exact) mass is 206 g/mol. The first-order chi connectivity index (χ1) is 7.18. The lowest BCUT2D eigenvalue weighted by molar-refractivity contribution is -0.131. The van der Waals surface area contributed by atoms with E-state index in [0.29, 0.717) is 5.75 Å². The lowest BCUT2D eigenvalue weighted by atomic mass is 9.89. The van der Waals surface area contributed by atoms with E-state index in [-0.39, 0.29) is 5.97 Å². The molecule has 0 amide bonds. The first-order valence-corrected chi connectivity index (χ1v) is 5.17. The van der Waals surface area contributed by atoms with Crippen LogP contribution < -0.4 is 4.74 Å². The Hall–Kier alpha value is -1.35. The van der Waals surface area contributed by atoms with E-state index in [2.05, 4.69) is 0 Å². The lowest BCUT2D eigenvalue weighted by Gasteiger charge is -2.22. The summed E-state index contributed by atoms with van der Waals surface area (Å²) in [5.74, 6) is 0.280. The minimum Gasteiger partial charge on any atom is -0.426 e.